The molecule has 3 rings (SSSR count). The Hall–Kier alpha value is -2.25. The van der Waals surface area contributed by atoms with E-state index in [2.05, 4.69) is 19.7 Å². The van der Waals surface area contributed by atoms with E-state index in [1.807, 2.05) is 4.98 Å². The standard InChI is InChI=1S/C5H4N4O3.C5H10O5/c10-3-1-2(7-4(11)6-1)8-5(12)9-3;6-2-1-10-5(9)4(8)3(2)7/h(H4,6,7,8,9,10,11,12);2-9H,1H2/t;2-,3-,4-,5?/m.1/s1. The summed E-state index contributed by atoms with van der Waals surface area (Å²) in [6.07, 6.45) is -5.23. The van der Waals surface area contributed by atoms with E-state index < -0.39 is 41.5 Å². The lowest BCUT2D eigenvalue weighted by molar-refractivity contribution is -0.252. The first-order chi connectivity index (χ1) is 10.3. The Bertz CT molecular complexity index is 789. The second kappa shape index (κ2) is 6.25. The van der Waals surface area contributed by atoms with Gasteiger partial charge in [0, 0.05) is 0 Å². The first-order valence-electron chi connectivity index (χ1n) is 6.08. The lowest BCUT2D eigenvalue weighted by Crippen LogP contribution is -2.52. The van der Waals surface area contributed by atoms with Gasteiger partial charge >= 0.3 is 11.4 Å². The van der Waals surface area contributed by atoms with Gasteiger partial charge in [0.25, 0.3) is 5.56 Å². The van der Waals surface area contributed by atoms with Crippen molar-refractivity contribution in [3.05, 3.63) is 31.3 Å². The molecule has 3 heterocycles. The summed E-state index contributed by atoms with van der Waals surface area (Å²) in [6.45, 7) is -0.153. The zero-order chi connectivity index (χ0) is 16.4. The van der Waals surface area contributed by atoms with Crippen molar-refractivity contribution >= 4 is 11.2 Å². The van der Waals surface area contributed by atoms with E-state index in [0.29, 0.717) is 0 Å². The van der Waals surface area contributed by atoms with E-state index in [-0.39, 0.29) is 17.8 Å². The van der Waals surface area contributed by atoms with Gasteiger partial charge in [-0.3, -0.25) is 24.7 Å². The average molecular weight is 318 g/mol. The number of hydrogen-bond donors (Lipinski definition) is 8. The molecule has 0 saturated carbocycles. The largest absolute Gasteiger partial charge is 0.388 e. The highest BCUT2D eigenvalue weighted by molar-refractivity contribution is 5.67. The third-order valence-electron chi connectivity index (χ3n) is 2.89. The monoisotopic (exact) mass is 318 g/mol. The number of fused-ring (bicyclic) bond motifs is 1. The number of imidazole rings is 1. The van der Waals surface area contributed by atoms with Crippen molar-refractivity contribution < 1.29 is 25.2 Å². The Morgan fingerprint density at radius 3 is 2.05 bits per heavy atom. The summed E-state index contributed by atoms with van der Waals surface area (Å²) in [5.41, 5.74) is -1.65. The maximum absolute atomic E-state index is 10.9. The maximum atomic E-state index is 10.9. The van der Waals surface area contributed by atoms with Crippen LogP contribution in [0.1, 0.15) is 0 Å². The van der Waals surface area contributed by atoms with Gasteiger partial charge in [0.2, 0.25) is 0 Å². The van der Waals surface area contributed by atoms with Crippen molar-refractivity contribution in [2.45, 2.75) is 24.6 Å². The fraction of sp³-hybridized carbons (Fsp3) is 0.500. The molecule has 0 bridgehead atoms. The van der Waals surface area contributed by atoms with E-state index >= 15 is 0 Å². The lowest BCUT2D eigenvalue weighted by Gasteiger charge is -2.31. The van der Waals surface area contributed by atoms with Crippen LogP contribution in [0.4, 0.5) is 0 Å². The molecule has 12 nitrogen and oxygen atoms in total. The smallest absolute Gasteiger partial charge is 0.327 e. The molecule has 0 aliphatic carbocycles. The Kier molecular flexibility index (Phi) is 4.58. The number of aliphatic hydroxyl groups excluding tert-OH is 4. The average Bonchev–Trinajstić information content (AvgIpc) is 2.82. The van der Waals surface area contributed by atoms with Crippen LogP contribution < -0.4 is 16.9 Å². The van der Waals surface area contributed by atoms with Gasteiger partial charge in [-0.1, -0.05) is 0 Å². The number of aliphatic hydroxyl groups is 4. The number of H-pyrrole nitrogens is 4. The molecule has 1 unspecified atom stereocenters. The summed E-state index contributed by atoms with van der Waals surface area (Å²) >= 11 is 0. The van der Waals surface area contributed by atoms with Gasteiger partial charge in [-0.05, 0) is 0 Å². The molecule has 0 spiro atoms. The summed E-state index contributed by atoms with van der Waals surface area (Å²) in [5, 5.41) is 35.3. The lowest BCUT2D eigenvalue weighted by atomic mass is 10.1. The Morgan fingerprint density at radius 1 is 0.864 bits per heavy atom. The third kappa shape index (κ3) is 3.32. The molecular weight excluding hydrogens is 304 g/mol. The second-order valence-electron chi connectivity index (χ2n) is 4.51. The van der Waals surface area contributed by atoms with Gasteiger partial charge in [0.1, 0.15) is 29.5 Å². The van der Waals surface area contributed by atoms with Gasteiger partial charge in [-0.2, -0.15) is 0 Å². The summed E-state index contributed by atoms with van der Waals surface area (Å²) in [4.78, 5) is 41.0. The Labute approximate surface area is 120 Å². The molecule has 1 fully saturated rings. The molecule has 22 heavy (non-hydrogen) atoms. The molecule has 0 amide bonds. The molecule has 122 valence electrons. The van der Waals surface area contributed by atoms with Crippen LogP contribution in [0.3, 0.4) is 0 Å². The van der Waals surface area contributed by atoms with E-state index in [1.54, 1.807) is 0 Å². The first-order valence-corrected chi connectivity index (χ1v) is 6.08. The molecule has 4 atom stereocenters. The van der Waals surface area contributed by atoms with Crippen molar-refractivity contribution in [2.24, 2.45) is 0 Å². The SMILES string of the molecule is O=c1[nH]c(=O)c2[nH]c(=O)[nH]c2[nH]1.OC1OC[C@@H](O)[C@@H](O)[C@H]1O. The Morgan fingerprint density at radius 2 is 1.45 bits per heavy atom. The fourth-order valence-electron chi connectivity index (χ4n) is 1.75. The molecule has 8 N–H and O–H groups in total. The van der Waals surface area contributed by atoms with Crippen LogP contribution in [0.25, 0.3) is 11.2 Å². The highest BCUT2D eigenvalue weighted by atomic mass is 16.6. The van der Waals surface area contributed by atoms with E-state index in [0.717, 1.165) is 0 Å². The topological polar surface area (TPSA) is 205 Å². The molecule has 1 aliphatic heterocycles. The van der Waals surface area contributed by atoms with Crippen LogP contribution in [0.15, 0.2) is 14.4 Å². The number of ether oxygens (including phenoxy) is 1. The van der Waals surface area contributed by atoms with Gasteiger partial charge in [0.15, 0.2) is 6.29 Å². The number of nitrogens with one attached hydrogen (secondary N) is 4. The molecular formula is C10H14N4O8. The van der Waals surface area contributed by atoms with Crippen molar-refractivity contribution in [1.29, 1.82) is 0 Å². The second-order valence-corrected chi connectivity index (χ2v) is 4.51. The minimum atomic E-state index is -1.41. The fourth-order valence-corrected chi connectivity index (χ4v) is 1.75. The quantitative estimate of drug-likeness (QED) is 0.238. The zero-order valence-corrected chi connectivity index (χ0v) is 10.9. The summed E-state index contributed by atoms with van der Waals surface area (Å²) in [7, 11) is 0. The highest BCUT2D eigenvalue weighted by Crippen LogP contribution is 2.12. The minimum absolute atomic E-state index is 0.0413. The molecule has 0 aromatic carbocycles. The van der Waals surface area contributed by atoms with Crippen LogP contribution in [0.2, 0.25) is 0 Å². The third-order valence-corrected chi connectivity index (χ3v) is 2.89. The van der Waals surface area contributed by atoms with Crippen LogP contribution >= 0.6 is 0 Å². The van der Waals surface area contributed by atoms with Crippen LogP contribution in [-0.2, 0) is 4.74 Å². The summed E-state index contributed by atoms with van der Waals surface area (Å²) in [5.74, 6) is 0. The van der Waals surface area contributed by atoms with E-state index in [1.165, 1.54) is 0 Å². The predicted octanol–water partition coefficient (Wildman–Crippen LogP) is -4.35. The zero-order valence-electron chi connectivity index (χ0n) is 10.9. The Balaban J connectivity index is 0.000000164. The number of hydrogen-bond acceptors (Lipinski definition) is 8. The number of aromatic nitrogens is 4. The van der Waals surface area contributed by atoms with Gasteiger partial charge < -0.3 is 25.2 Å². The van der Waals surface area contributed by atoms with Gasteiger partial charge in [0.05, 0.1) is 6.61 Å². The van der Waals surface area contributed by atoms with E-state index in [9.17, 15) is 14.4 Å². The van der Waals surface area contributed by atoms with Gasteiger partial charge in [-0.15, -0.1) is 0 Å². The number of aromatic amines is 4. The highest BCUT2D eigenvalue weighted by Gasteiger charge is 2.36. The summed E-state index contributed by atoms with van der Waals surface area (Å²) in [6, 6.07) is 0. The van der Waals surface area contributed by atoms with Crippen molar-refractivity contribution in [2.75, 3.05) is 6.61 Å². The van der Waals surface area contributed by atoms with Crippen molar-refractivity contribution in [3.63, 3.8) is 0 Å². The molecule has 12 heteroatoms. The molecule has 1 aliphatic rings. The molecule has 1 saturated heterocycles. The van der Waals surface area contributed by atoms with Gasteiger partial charge in [-0.25, -0.2) is 9.59 Å². The minimum Gasteiger partial charge on any atom is -0.388 e. The molecule has 0 radical (unpaired) electrons. The van der Waals surface area contributed by atoms with Crippen LogP contribution in [0, 0.1) is 0 Å². The van der Waals surface area contributed by atoms with Crippen LogP contribution in [0.5, 0.6) is 0 Å². The summed E-state index contributed by atoms with van der Waals surface area (Å²) < 4.78 is 4.47. The number of rotatable bonds is 0. The van der Waals surface area contributed by atoms with Crippen molar-refractivity contribution in [1.82, 2.24) is 19.9 Å². The van der Waals surface area contributed by atoms with Crippen molar-refractivity contribution in [3.8, 4) is 0 Å². The predicted molar refractivity (Wildman–Crippen MR) is 70.1 cm³/mol. The van der Waals surface area contributed by atoms with E-state index in [4.69, 9.17) is 20.4 Å². The normalized spacial score (nSPS) is 28.2. The maximum Gasteiger partial charge on any atom is 0.327 e. The molecule has 2 aromatic rings. The van der Waals surface area contributed by atoms with Crippen LogP contribution in [-0.4, -0.2) is 71.6 Å². The molecule has 2 aromatic heterocycles. The first kappa shape index (κ1) is 16.1.